The Kier molecular flexibility index (Phi) is 7.59. The van der Waals surface area contributed by atoms with Gasteiger partial charge in [0, 0.05) is 31.7 Å². The van der Waals surface area contributed by atoms with Crippen molar-refractivity contribution in [1.82, 2.24) is 9.80 Å². The third kappa shape index (κ3) is 5.39. The van der Waals surface area contributed by atoms with Gasteiger partial charge in [0.1, 0.15) is 6.61 Å². The normalized spacial score (nSPS) is 13.5. The van der Waals surface area contributed by atoms with E-state index < -0.39 is 0 Å². The van der Waals surface area contributed by atoms with Crippen LogP contribution >= 0.6 is 0 Å². The summed E-state index contributed by atoms with van der Waals surface area (Å²) in [5.74, 6) is 1.12. The van der Waals surface area contributed by atoms with Crippen molar-refractivity contribution in [3.63, 3.8) is 0 Å². The van der Waals surface area contributed by atoms with Crippen molar-refractivity contribution in [2.75, 3.05) is 47.0 Å². The molecule has 0 radical (unpaired) electrons. The van der Waals surface area contributed by atoms with Crippen molar-refractivity contribution >= 4 is 12.0 Å². The first-order valence-corrected chi connectivity index (χ1v) is 10.2. The Bertz CT molecular complexity index is 869. The zero-order chi connectivity index (χ0) is 22.2. The van der Waals surface area contributed by atoms with Crippen LogP contribution in [0.4, 0.5) is 4.79 Å². The number of carbonyl (C=O) groups is 2. The maximum absolute atomic E-state index is 13.1. The predicted octanol–water partition coefficient (Wildman–Crippen LogP) is 3.20. The maximum atomic E-state index is 13.1. The number of amides is 2. The summed E-state index contributed by atoms with van der Waals surface area (Å²) in [6.07, 6.45) is -0.349. The van der Waals surface area contributed by atoms with Gasteiger partial charge in [-0.25, -0.2) is 4.79 Å². The Morgan fingerprint density at radius 1 is 0.903 bits per heavy atom. The first-order chi connectivity index (χ1) is 15.1. The molecule has 3 rings (SSSR count). The van der Waals surface area contributed by atoms with E-state index >= 15 is 0 Å². The summed E-state index contributed by atoms with van der Waals surface area (Å²) in [5, 5.41) is 0. The second-order valence-electron chi connectivity index (χ2n) is 6.96. The lowest BCUT2D eigenvalue weighted by Gasteiger charge is -2.34. The fraction of sp³-hybridized carbons (Fsp3) is 0.391. The Morgan fingerprint density at radius 2 is 1.48 bits per heavy atom. The average Bonchev–Trinajstić information content (AvgIpc) is 2.82. The van der Waals surface area contributed by atoms with E-state index in [1.165, 1.54) is 14.2 Å². The van der Waals surface area contributed by atoms with Gasteiger partial charge in [-0.05, 0) is 24.6 Å². The van der Waals surface area contributed by atoms with E-state index in [1.54, 1.807) is 28.9 Å². The minimum atomic E-state index is -0.349. The third-order valence-electron chi connectivity index (χ3n) is 5.03. The summed E-state index contributed by atoms with van der Waals surface area (Å²) in [6.45, 7) is 4.15. The molecule has 0 saturated carbocycles. The molecule has 0 spiro atoms. The SMILES string of the molecule is CCOC(=O)N1CCN(C(=O)c2cc(OC)c(OCc3ccccc3)c(OC)c2)CC1. The molecule has 1 aliphatic rings. The molecule has 1 aliphatic heterocycles. The molecule has 31 heavy (non-hydrogen) atoms. The molecule has 2 aromatic rings. The average molecular weight is 428 g/mol. The van der Waals surface area contributed by atoms with Crippen LogP contribution < -0.4 is 14.2 Å². The first kappa shape index (κ1) is 22.3. The Morgan fingerprint density at radius 3 is 2.03 bits per heavy atom. The van der Waals surface area contributed by atoms with E-state index in [-0.39, 0.29) is 12.0 Å². The molecule has 0 N–H and O–H groups in total. The maximum Gasteiger partial charge on any atom is 0.409 e. The molecule has 0 aromatic heterocycles. The van der Waals surface area contributed by atoms with Gasteiger partial charge in [0.25, 0.3) is 5.91 Å². The van der Waals surface area contributed by atoms with Crippen LogP contribution in [0, 0.1) is 0 Å². The molecule has 1 saturated heterocycles. The number of piperazine rings is 1. The van der Waals surface area contributed by atoms with Gasteiger partial charge in [-0.15, -0.1) is 0 Å². The van der Waals surface area contributed by atoms with Crippen molar-refractivity contribution in [3.8, 4) is 17.2 Å². The molecule has 8 heteroatoms. The zero-order valence-corrected chi connectivity index (χ0v) is 18.1. The van der Waals surface area contributed by atoms with Crippen LogP contribution in [0.2, 0.25) is 0 Å². The topological polar surface area (TPSA) is 77.5 Å². The van der Waals surface area contributed by atoms with E-state index in [4.69, 9.17) is 18.9 Å². The van der Waals surface area contributed by atoms with E-state index in [1.807, 2.05) is 30.3 Å². The number of methoxy groups -OCH3 is 2. The van der Waals surface area contributed by atoms with Crippen LogP contribution in [0.3, 0.4) is 0 Å². The molecule has 1 heterocycles. The monoisotopic (exact) mass is 428 g/mol. The van der Waals surface area contributed by atoms with Crippen molar-refractivity contribution in [1.29, 1.82) is 0 Å². The molecule has 0 aliphatic carbocycles. The van der Waals surface area contributed by atoms with Crippen LogP contribution in [0.25, 0.3) is 0 Å². The quantitative estimate of drug-likeness (QED) is 0.674. The number of hydrogen-bond acceptors (Lipinski definition) is 6. The Labute approximate surface area is 182 Å². The number of ether oxygens (including phenoxy) is 4. The summed E-state index contributed by atoms with van der Waals surface area (Å²) in [7, 11) is 3.05. The molecular formula is C23H28N2O6. The van der Waals surface area contributed by atoms with Crippen molar-refractivity contribution in [2.45, 2.75) is 13.5 Å². The van der Waals surface area contributed by atoms with Gasteiger partial charge in [0.05, 0.1) is 20.8 Å². The van der Waals surface area contributed by atoms with Gasteiger partial charge in [-0.2, -0.15) is 0 Å². The molecule has 0 unspecified atom stereocenters. The molecular weight excluding hydrogens is 400 g/mol. The van der Waals surface area contributed by atoms with Gasteiger partial charge < -0.3 is 28.7 Å². The first-order valence-electron chi connectivity index (χ1n) is 10.2. The van der Waals surface area contributed by atoms with E-state index in [9.17, 15) is 9.59 Å². The fourth-order valence-electron chi connectivity index (χ4n) is 3.36. The van der Waals surface area contributed by atoms with E-state index in [0.717, 1.165) is 5.56 Å². The zero-order valence-electron chi connectivity index (χ0n) is 18.1. The van der Waals surface area contributed by atoms with Gasteiger partial charge in [0.2, 0.25) is 5.75 Å². The van der Waals surface area contributed by atoms with Crippen LogP contribution in [-0.4, -0.2) is 68.8 Å². The second-order valence-corrected chi connectivity index (χ2v) is 6.96. The minimum absolute atomic E-state index is 0.158. The summed E-state index contributed by atoms with van der Waals surface area (Å²) in [6, 6.07) is 13.1. The molecule has 166 valence electrons. The molecule has 0 bridgehead atoms. The van der Waals surface area contributed by atoms with Gasteiger partial charge in [-0.1, -0.05) is 30.3 Å². The lowest BCUT2D eigenvalue weighted by molar-refractivity contribution is 0.0570. The van der Waals surface area contributed by atoms with Crippen LogP contribution in [0.15, 0.2) is 42.5 Å². The summed E-state index contributed by atoms with van der Waals surface area (Å²) >= 11 is 0. The van der Waals surface area contributed by atoms with E-state index in [2.05, 4.69) is 0 Å². The predicted molar refractivity (Wildman–Crippen MR) is 115 cm³/mol. The van der Waals surface area contributed by atoms with Gasteiger partial charge in [-0.3, -0.25) is 4.79 Å². The largest absolute Gasteiger partial charge is 0.493 e. The van der Waals surface area contributed by atoms with Crippen molar-refractivity contribution < 1.29 is 28.5 Å². The summed E-state index contributed by atoms with van der Waals surface area (Å²) in [4.78, 5) is 28.2. The Balaban J connectivity index is 1.73. The lowest BCUT2D eigenvalue weighted by Crippen LogP contribution is -2.50. The molecule has 2 aromatic carbocycles. The Hall–Kier alpha value is -3.42. The van der Waals surface area contributed by atoms with Crippen molar-refractivity contribution in [2.24, 2.45) is 0 Å². The standard InChI is InChI=1S/C23H28N2O6/c1-4-30-23(27)25-12-10-24(11-13-25)22(26)18-14-19(28-2)21(20(15-18)29-3)31-16-17-8-6-5-7-9-17/h5-9,14-15H,4,10-13,16H2,1-3H3. The fourth-order valence-corrected chi connectivity index (χ4v) is 3.36. The second kappa shape index (κ2) is 10.6. The van der Waals surface area contributed by atoms with Crippen LogP contribution in [0.1, 0.15) is 22.8 Å². The number of rotatable bonds is 7. The third-order valence-corrected chi connectivity index (χ3v) is 5.03. The molecule has 0 atom stereocenters. The van der Waals surface area contributed by atoms with E-state index in [0.29, 0.717) is 62.2 Å². The highest BCUT2D eigenvalue weighted by Crippen LogP contribution is 2.39. The summed E-state index contributed by atoms with van der Waals surface area (Å²) < 4.78 is 21.9. The number of hydrogen-bond donors (Lipinski definition) is 0. The smallest absolute Gasteiger partial charge is 0.409 e. The van der Waals surface area contributed by atoms with Crippen molar-refractivity contribution in [3.05, 3.63) is 53.6 Å². The van der Waals surface area contributed by atoms with Crippen LogP contribution in [0.5, 0.6) is 17.2 Å². The van der Waals surface area contributed by atoms with Gasteiger partial charge in [0.15, 0.2) is 11.5 Å². The highest BCUT2D eigenvalue weighted by Gasteiger charge is 2.27. The number of nitrogens with zero attached hydrogens (tertiary/aromatic N) is 2. The highest BCUT2D eigenvalue weighted by molar-refractivity contribution is 5.95. The summed E-state index contributed by atoms with van der Waals surface area (Å²) in [5.41, 5.74) is 1.44. The molecule has 8 nitrogen and oxygen atoms in total. The molecule has 2 amide bonds. The number of carbonyl (C=O) groups excluding carboxylic acids is 2. The molecule has 1 fully saturated rings. The number of benzene rings is 2. The lowest BCUT2D eigenvalue weighted by atomic mass is 10.1. The van der Waals surface area contributed by atoms with Crippen LogP contribution in [-0.2, 0) is 11.3 Å². The highest BCUT2D eigenvalue weighted by atomic mass is 16.6. The minimum Gasteiger partial charge on any atom is -0.493 e. The van der Waals surface area contributed by atoms with Gasteiger partial charge >= 0.3 is 6.09 Å².